The van der Waals surface area contributed by atoms with Gasteiger partial charge in [0.25, 0.3) is 0 Å². The van der Waals surface area contributed by atoms with Crippen molar-refractivity contribution in [3.05, 3.63) is 33.8 Å². The highest BCUT2D eigenvalue weighted by Crippen LogP contribution is 2.41. The molecule has 1 aliphatic heterocycles. The van der Waals surface area contributed by atoms with Gasteiger partial charge in [0, 0.05) is 22.0 Å². The van der Waals surface area contributed by atoms with E-state index < -0.39 is 5.60 Å². The highest BCUT2D eigenvalue weighted by atomic mass is 35.5. The van der Waals surface area contributed by atoms with E-state index >= 15 is 0 Å². The number of rotatable bonds is 2. The lowest BCUT2D eigenvalue weighted by Crippen LogP contribution is -2.58. The molecule has 0 aromatic heterocycles. The van der Waals surface area contributed by atoms with Crippen molar-refractivity contribution in [3.63, 3.8) is 0 Å². The molecule has 0 spiro atoms. The van der Waals surface area contributed by atoms with Crippen LogP contribution >= 0.6 is 23.2 Å². The highest BCUT2D eigenvalue weighted by molar-refractivity contribution is 6.35. The van der Waals surface area contributed by atoms with Crippen molar-refractivity contribution < 1.29 is 5.11 Å². The van der Waals surface area contributed by atoms with E-state index in [9.17, 15) is 5.11 Å². The van der Waals surface area contributed by atoms with Crippen LogP contribution in [-0.4, -0.2) is 23.3 Å². The lowest BCUT2D eigenvalue weighted by molar-refractivity contribution is -0.0850. The van der Waals surface area contributed by atoms with E-state index in [4.69, 9.17) is 23.2 Å². The maximum atomic E-state index is 10.9. The van der Waals surface area contributed by atoms with Crippen LogP contribution in [0.25, 0.3) is 0 Å². The molecule has 1 saturated carbocycles. The monoisotopic (exact) mass is 313 g/mol. The Bertz CT molecular complexity index is 489. The van der Waals surface area contributed by atoms with Crippen LogP contribution in [0.15, 0.2) is 18.2 Å². The Kier molecular flexibility index (Phi) is 4.28. The summed E-state index contributed by atoms with van der Waals surface area (Å²) in [6, 6.07) is 6.00. The minimum Gasteiger partial charge on any atom is -0.389 e. The van der Waals surface area contributed by atoms with Crippen LogP contribution in [-0.2, 0) is 6.42 Å². The van der Waals surface area contributed by atoms with Crippen LogP contribution in [0.2, 0.25) is 10.0 Å². The number of nitrogens with one attached hydrogen (secondary N) is 1. The van der Waals surface area contributed by atoms with Gasteiger partial charge < -0.3 is 10.4 Å². The molecule has 2 N–H and O–H groups in total. The maximum Gasteiger partial charge on any atom is 0.0702 e. The standard InChI is InChI=1S/C16H21Cl2NO/c17-12-5-4-11(14(18)10-12)9-15-13-3-1-2-6-16(13,20)7-8-19-15/h4-5,10,13,15,19-20H,1-3,6-9H2. The van der Waals surface area contributed by atoms with Gasteiger partial charge in [-0.1, -0.05) is 42.1 Å². The van der Waals surface area contributed by atoms with E-state index in [-0.39, 0.29) is 0 Å². The summed E-state index contributed by atoms with van der Waals surface area (Å²) in [6.07, 6.45) is 6.18. The first-order valence-corrected chi connectivity index (χ1v) is 8.24. The minimum atomic E-state index is -0.465. The van der Waals surface area contributed by atoms with Gasteiger partial charge in [0.2, 0.25) is 0 Å². The number of benzene rings is 1. The Morgan fingerprint density at radius 2 is 2.10 bits per heavy atom. The van der Waals surface area contributed by atoms with E-state index in [1.165, 1.54) is 6.42 Å². The van der Waals surface area contributed by atoms with Crippen LogP contribution in [0.5, 0.6) is 0 Å². The van der Waals surface area contributed by atoms with Gasteiger partial charge in [-0.3, -0.25) is 0 Å². The summed E-state index contributed by atoms with van der Waals surface area (Å²) in [6.45, 7) is 0.892. The molecule has 110 valence electrons. The number of aliphatic hydroxyl groups is 1. The largest absolute Gasteiger partial charge is 0.389 e. The third-order valence-corrected chi connectivity index (χ3v) is 5.56. The summed E-state index contributed by atoms with van der Waals surface area (Å²) in [5, 5.41) is 15.8. The fourth-order valence-corrected chi connectivity index (χ4v) is 4.38. The summed E-state index contributed by atoms with van der Waals surface area (Å²) in [5.74, 6) is 0.344. The Morgan fingerprint density at radius 3 is 2.90 bits per heavy atom. The fourth-order valence-electron chi connectivity index (χ4n) is 3.89. The van der Waals surface area contributed by atoms with Gasteiger partial charge in [-0.05, 0) is 49.9 Å². The predicted molar refractivity (Wildman–Crippen MR) is 83.5 cm³/mol. The quantitative estimate of drug-likeness (QED) is 0.870. The zero-order chi connectivity index (χ0) is 14.2. The SMILES string of the molecule is OC12CCCCC1C(Cc1ccc(Cl)cc1Cl)NCC2. The molecule has 0 amide bonds. The highest BCUT2D eigenvalue weighted by Gasteiger charge is 2.45. The van der Waals surface area contributed by atoms with E-state index in [0.29, 0.717) is 17.0 Å². The van der Waals surface area contributed by atoms with E-state index in [2.05, 4.69) is 5.32 Å². The first-order valence-electron chi connectivity index (χ1n) is 7.48. The molecule has 1 aromatic carbocycles. The molecule has 1 heterocycles. The van der Waals surface area contributed by atoms with Gasteiger partial charge in [-0.2, -0.15) is 0 Å². The van der Waals surface area contributed by atoms with E-state index in [1.54, 1.807) is 6.07 Å². The van der Waals surface area contributed by atoms with Gasteiger partial charge in [0.05, 0.1) is 5.60 Å². The van der Waals surface area contributed by atoms with Crippen LogP contribution < -0.4 is 5.32 Å². The molecule has 0 bridgehead atoms. The lowest BCUT2D eigenvalue weighted by atomic mass is 9.67. The molecule has 20 heavy (non-hydrogen) atoms. The van der Waals surface area contributed by atoms with E-state index in [1.807, 2.05) is 12.1 Å². The molecule has 3 rings (SSSR count). The van der Waals surface area contributed by atoms with Crippen molar-refractivity contribution in [2.24, 2.45) is 5.92 Å². The van der Waals surface area contributed by atoms with Crippen LogP contribution in [0.1, 0.15) is 37.7 Å². The average molecular weight is 314 g/mol. The van der Waals surface area contributed by atoms with Crippen LogP contribution in [0.4, 0.5) is 0 Å². The smallest absolute Gasteiger partial charge is 0.0702 e. The Hall–Kier alpha value is -0.280. The summed E-state index contributed by atoms with van der Waals surface area (Å²) in [4.78, 5) is 0. The maximum absolute atomic E-state index is 10.9. The van der Waals surface area contributed by atoms with Gasteiger partial charge in [0.1, 0.15) is 0 Å². The summed E-state index contributed by atoms with van der Waals surface area (Å²) < 4.78 is 0. The summed E-state index contributed by atoms with van der Waals surface area (Å²) in [5.41, 5.74) is 0.649. The minimum absolute atomic E-state index is 0.313. The predicted octanol–water partition coefficient (Wildman–Crippen LogP) is 3.82. The number of hydrogen-bond acceptors (Lipinski definition) is 2. The molecule has 1 aliphatic carbocycles. The Balaban J connectivity index is 1.79. The number of fused-ring (bicyclic) bond motifs is 1. The molecule has 3 atom stereocenters. The number of piperidine rings is 1. The van der Waals surface area contributed by atoms with Gasteiger partial charge in [-0.25, -0.2) is 0 Å². The van der Waals surface area contributed by atoms with Crippen molar-refractivity contribution >= 4 is 23.2 Å². The Labute approximate surface area is 130 Å². The van der Waals surface area contributed by atoms with Crippen molar-refractivity contribution in [1.82, 2.24) is 5.32 Å². The van der Waals surface area contributed by atoms with E-state index in [0.717, 1.165) is 49.2 Å². The molecule has 1 saturated heterocycles. The normalized spacial score (nSPS) is 33.8. The Morgan fingerprint density at radius 1 is 1.25 bits per heavy atom. The van der Waals surface area contributed by atoms with Crippen LogP contribution in [0.3, 0.4) is 0 Å². The number of hydrogen-bond donors (Lipinski definition) is 2. The molecule has 4 heteroatoms. The van der Waals surface area contributed by atoms with Crippen molar-refractivity contribution in [1.29, 1.82) is 0 Å². The lowest BCUT2D eigenvalue weighted by Gasteiger charge is -2.48. The van der Waals surface area contributed by atoms with Gasteiger partial charge in [0.15, 0.2) is 0 Å². The molecule has 1 aromatic rings. The molecule has 2 fully saturated rings. The number of halogens is 2. The van der Waals surface area contributed by atoms with Crippen molar-refractivity contribution in [2.75, 3.05) is 6.54 Å². The molecule has 2 aliphatic rings. The second kappa shape index (κ2) is 5.84. The molecular formula is C16H21Cl2NO. The van der Waals surface area contributed by atoms with Crippen LogP contribution in [0, 0.1) is 5.92 Å². The van der Waals surface area contributed by atoms with Gasteiger partial charge >= 0.3 is 0 Å². The second-order valence-electron chi connectivity index (χ2n) is 6.21. The first kappa shape index (κ1) is 14.6. The van der Waals surface area contributed by atoms with Crippen molar-refractivity contribution in [2.45, 2.75) is 50.2 Å². The molecule has 3 unspecified atom stereocenters. The third-order valence-electron chi connectivity index (χ3n) is 4.97. The first-order chi connectivity index (χ1) is 9.58. The third kappa shape index (κ3) is 2.85. The zero-order valence-electron chi connectivity index (χ0n) is 11.5. The van der Waals surface area contributed by atoms with Gasteiger partial charge in [-0.15, -0.1) is 0 Å². The van der Waals surface area contributed by atoms with Crippen molar-refractivity contribution in [3.8, 4) is 0 Å². The zero-order valence-corrected chi connectivity index (χ0v) is 13.1. The molecular weight excluding hydrogens is 293 g/mol. The summed E-state index contributed by atoms with van der Waals surface area (Å²) >= 11 is 12.2. The molecule has 0 radical (unpaired) electrons. The summed E-state index contributed by atoms with van der Waals surface area (Å²) in [7, 11) is 0. The topological polar surface area (TPSA) is 32.3 Å². The average Bonchev–Trinajstić information content (AvgIpc) is 2.41. The molecule has 2 nitrogen and oxygen atoms in total. The fraction of sp³-hybridized carbons (Fsp3) is 0.625. The second-order valence-corrected chi connectivity index (χ2v) is 7.05.